The summed E-state index contributed by atoms with van der Waals surface area (Å²) < 4.78 is 0. The first-order valence-electron chi connectivity index (χ1n) is 3.19. The highest BCUT2D eigenvalue weighted by Crippen LogP contribution is 2.25. The number of nitrogen functional groups attached to an aromatic ring is 1. The first-order valence-corrected chi connectivity index (χ1v) is 4.07. The molecule has 0 fully saturated rings. The van der Waals surface area contributed by atoms with E-state index in [0.29, 0.717) is 5.82 Å². The number of hydrogen-bond acceptors (Lipinski definition) is 4. The van der Waals surface area contributed by atoms with E-state index < -0.39 is 5.41 Å². The van der Waals surface area contributed by atoms with Crippen LogP contribution in [0.4, 0.5) is 5.82 Å². The van der Waals surface area contributed by atoms with Crippen LogP contribution in [0.25, 0.3) is 0 Å². The fourth-order valence-corrected chi connectivity index (χ4v) is 1.40. The van der Waals surface area contributed by atoms with Crippen LogP contribution in [0.2, 0.25) is 0 Å². The lowest BCUT2D eigenvalue weighted by Crippen LogP contribution is -2.13. The van der Waals surface area contributed by atoms with Gasteiger partial charge in [0.25, 0.3) is 0 Å². The quantitative estimate of drug-likeness (QED) is 0.689. The number of nitrogens with two attached hydrogens (primary N) is 1. The molecule has 1 heterocycles. The Balaban J connectivity index is 3.04. The maximum Gasteiger partial charge on any atom is 0.134 e. The number of thiazole rings is 1. The Morgan fingerprint density at radius 1 is 1.73 bits per heavy atom. The zero-order valence-corrected chi connectivity index (χ0v) is 7.27. The Kier molecular flexibility index (Phi) is 1.83. The van der Waals surface area contributed by atoms with Gasteiger partial charge in [0, 0.05) is 5.38 Å². The van der Waals surface area contributed by atoms with Gasteiger partial charge in [-0.2, -0.15) is 5.26 Å². The van der Waals surface area contributed by atoms with Crippen LogP contribution in [0.5, 0.6) is 0 Å². The van der Waals surface area contributed by atoms with Gasteiger partial charge < -0.3 is 5.73 Å². The van der Waals surface area contributed by atoms with E-state index in [2.05, 4.69) is 11.1 Å². The summed E-state index contributed by atoms with van der Waals surface area (Å²) in [6, 6.07) is 2.16. The summed E-state index contributed by atoms with van der Waals surface area (Å²) in [7, 11) is 0. The lowest BCUT2D eigenvalue weighted by atomic mass is 9.97. The largest absolute Gasteiger partial charge is 0.383 e. The number of hydrogen-bond donors (Lipinski definition) is 1. The van der Waals surface area contributed by atoms with E-state index in [4.69, 9.17) is 11.0 Å². The summed E-state index contributed by atoms with van der Waals surface area (Å²) in [4.78, 5) is 4.03. The summed E-state index contributed by atoms with van der Waals surface area (Å²) in [5.74, 6) is 0.494. The van der Waals surface area contributed by atoms with Gasteiger partial charge in [0.15, 0.2) is 0 Å². The molecule has 1 aromatic heterocycles. The fraction of sp³-hybridized carbons (Fsp3) is 0.429. The van der Waals surface area contributed by atoms with Crippen LogP contribution in [0.15, 0.2) is 5.38 Å². The molecule has 0 aromatic carbocycles. The van der Waals surface area contributed by atoms with E-state index in [1.165, 1.54) is 11.3 Å². The molecule has 4 heteroatoms. The minimum Gasteiger partial charge on any atom is -0.383 e. The van der Waals surface area contributed by atoms with Gasteiger partial charge in [0.2, 0.25) is 0 Å². The van der Waals surface area contributed by atoms with Gasteiger partial charge in [-0.3, -0.25) is 0 Å². The highest BCUT2D eigenvalue weighted by Gasteiger charge is 2.23. The molecule has 11 heavy (non-hydrogen) atoms. The Hall–Kier alpha value is -1.08. The molecular weight excluding hydrogens is 158 g/mol. The zero-order chi connectivity index (χ0) is 8.48. The van der Waals surface area contributed by atoms with Crippen molar-refractivity contribution in [2.45, 2.75) is 19.3 Å². The van der Waals surface area contributed by atoms with Crippen LogP contribution < -0.4 is 5.73 Å². The molecule has 0 bridgehead atoms. The maximum atomic E-state index is 8.73. The number of rotatable bonds is 1. The molecule has 1 aromatic rings. The highest BCUT2D eigenvalue weighted by atomic mass is 32.1. The van der Waals surface area contributed by atoms with Gasteiger partial charge in [0.1, 0.15) is 16.2 Å². The van der Waals surface area contributed by atoms with E-state index in [-0.39, 0.29) is 0 Å². The summed E-state index contributed by atoms with van der Waals surface area (Å²) in [6.07, 6.45) is 0. The van der Waals surface area contributed by atoms with Crippen LogP contribution >= 0.6 is 11.3 Å². The van der Waals surface area contributed by atoms with Crippen LogP contribution in [0.3, 0.4) is 0 Å². The molecule has 0 saturated carbocycles. The number of anilines is 1. The fourth-order valence-electron chi connectivity index (χ4n) is 0.621. The van der Waals surface area contributed by atoms with Gasteiger partial charge in [-0.15, -0.1) is 11.3 Å². The van der Waals surface area contributed by atoms with Crippen molar-refractivity contribution < 1.29 is 0 Å². The minimum absolute atomic E-state index is 0.494. The van der Waals surface area contributed by atoms with Crippen molar-refractivity contribution >= 4 is 17.2 Å². The molecule has 0 unspecified atom stereocenters. The number of aromatic nitrogens is 1. The second kappa shape index (κ2) is 2.51. The molecule has 0 aliphatic rings. The lowest BCUT2D eigenvalue weighted by Gasteiger charge is -2.09. The lowest BCUT2D eigenvalue weighted by molar-refractivity contribution is 0.681. The van der Waals surface area contributed by atoms with Gasteiger partial charge in [-0.1, -0.05) is 0 Å². The molecule has 0 amide bonds. The molecule has 58 valence electrons. The topological polar surface area (TPSA) is 62.7 Å². The predicted octanol–water partition coefficient (Wildman–Crippen LogP) is 1.53. The van der Waals surface area contributed by atoms with Gasteiger partial charge in [-0.25, -0.2) is 4.98 Å². The molecule has 0 radical (unpaired) electrons. The summed E-state index contributed by atoms with van der Waals surface area (Å²) in [5.41, 5.74) is 4.91. The van der Waals surface area contributed by atoms with E-state index >= 15 is 0 Å². The Bertz CT molecular complexity index is 295. The number of nitriles is 1. The monoisotopic (exact) mass is 167 g/mol. The molecule has 0 aliphatic heterocycles. The van der Waals surface area contributed by atoms with Crippen LogP contribution in [-0.4, -0.2) is 4.98 Å². The minimum atomic E-state index is -0.512. The Morgan fingerprint density at radius 2 is 2.36 bits per heavy atom. The van der Waals surface area contributed by atoms with E-state index in [1.807, 2.05) is 13.8 Å². The van der Waals surface area contributed by atoms with Gasteiger partial charge in [-0.05, 0) is 13.8 Å². The molecule has 0 aliphatic carbocycles. The molecule has 0 spiro atoms. The van der Waals surface area contributed by atoms with Crippen molar-refractivity contribution in [3.63, 3.8) is 0 Å². The molecular formula is C7H9N3S. The first-order chi connectivity index (χ1) is 5.06. The summed E-state index contributed by atoms with van der Waals surface area (Å²) >= 11 is 1.42. The van der Waals surface area contributed by atoms with Crippen molar-refractivity contribution in [1.29, 1.82) is 5.26 Å². The second-order valence-corrected chi connectivity index (χ2v) is 3.67. The van der Waals surface area contributed by atoms with Gasteiger partial charge >= 0.3 is 0 Å². The average molecular weight is 167 g/mol. The molecule has 2 N–H and O–H groups in total. The molecule has 0 saturated heterocycles. The van der Waals surface area contributed by atoms with Crippen molar-refractivity contribution in [3.05, 3.63) is 10.4 Å². The molecule has 0 atom stereocenters. The third-order valence-electron chi connectivity index (χ3n) is 1.34. The van der Waals surface area contributed by atoms with Crippen molar-refractivity contribution in [3.8, 4) is 6.07 Å². The van der Waals surface area contributed by atoms with E-state index in [1.54, 1.807) is 5.38 Å². The van der Waals surface area contributed by atoms with Crippen LogP contribution in [0.1, 0.15) is 18.9 Å². The van der Waals surface area contributed by atoms with Crippen molar-refractivity contribution in [1.82, 2.24) is 4.98 Å². The van der Waals surface area contributed by atoms with E-state index in [9.17, 15) is 0 Å². The third kappa shape index (κ3) is 1.49. The summed E-state index contributed by atoms with van der Waals surface area (Å²) in [6.45, 7) is 3.65. The average Bonchev–Trinajstić information content (AvgIpc) is 2.36. The Morgan fingerprint density at radius 3 is 2.73 bits per heavy atom. The predicted molar refractivity (Wildman–Crippen MR) is 45.2 cm³/mol. The van der Waals surface area contributed by atoms with Crippen LogP contribution in [0, 0.1) is 11.3 Å². The molecule has 1 rings (SSSR count). The Labute approximate surface area is 69.5 Å². The SMILES string of the molecule is CC(C)(C#N)c1nc(N)cs1. The first kappa shape index (κ1) is 8.02. The van der Waals surface area contributed by atoms with Crippen LogP contribution in [-0.2, 0) is 5.41 Å². The standard InChI is InChI=1S/C7H9N3S/c1-7(2,4-8)6-10-5(9)3-11-6/h3H,9H2,1-2H3. The maximum absolute atomic E-state index is 8.73. The van der Waals surface area contributed by atoms with Crippen molar-refractivity contribution in [2.75, 3.05) is 5.73 Å². The third-order valence-corrected chi connectivity index (χ3v) is 2.52. The smallest absolute Gasteiger partial charge is 0.134 e. The summed E-state index contributed by atoms with van der Waals surface area (Å²) in [5, 5.41) is 11.3. The molecule has 3 nitrogen and oxygen atoms in total. The normalized spacial score (nSPS) is 11.0. The van der Waals surface area contributed by atoms with Crippen molar-refractivity contribution in [2.24, 2.45) is 0 Å². The van der Waals surface area contributed by atoms with Gasteiger partial charge in [0.05, 0.1) is 6.07 Å². The highest BCUT2D eigenvalue weighted by molar-refractivity contribution is 7.10. The zero-order valence-electron chi connectivity index (χ0n) is 6.46. The second-order valence-electron chi connectivity index (χ2n) is 2.81. The number of nitrogens with zero attached hydrogens (tertiary/aromatic N) is 2. The van der Waals surface area contributed by atoms with E-state index in [0.717, 1.165) is 5.01 Å².